The zero-order valence-electron chi connectivity index (χ0n) is 13.1. The number of benzene rings is 1. The highest BCUT2D eigenvalue weighted by Gasteiger charge is 2.19. The quantitative estimate of drug-likeness (QED) is 0.768. The van der Waals surface area contributed by atoms with Crippen LogP contribution in [0, 0.1) is 6.92 Å². The number of carbonyl (C=O) groups excluding carboxylic acids is 1. The molecule has 8 heteroatoms. The van der Waals surface area contributed by atoms with E-state index in [-0.39, 0.29) is 18.1 Å². The molecule has 0 bridgehead atoms. The van der Waals surface area contributed by atoms with Gasteiger partial charge >= 0.3 is 0 Å². The average molecular weight is 347 g/mol. The maximum Gasteiger partial charge on any atom is 0.274 e. The van der Waals surface area contributed by atoms with Crippen LogP contribution in [0.2, 0.25) is 5.02 Å². The molecule has 0 aliphatic rings. The Morgan fingerprint density at radius 3 is 2.96 bits per heavy atom. The standard InChI is InChI=1S/C16H15ClN4O3/c1-10-15(16(22)18-9-12-4-3-7-24-12)19-20-21(10)13-8-11(17)5-6-14(13)23-2/h3-8H,9H2,1-2H3,(H,18,22). The second-order valence-corrected chi connectivity index (χ2v) is 5.45. The lowest BCUT2D eigenvalue weighted by Crippen LogP contribution is -2.23. The highest BCUT2D eigenvalue weighted by molar-refractivity contribution is 6.30. The van der Waals surface area contributed by atoms with Gasteiger partial charge in [-0.1, -0.05) is 16.8 Å². The predicted octanol–water partition coefficient (Wildman–Crippen LogP) is 2.76. The third-order valence-corrected chi connectivity index (χ3v) is 3.72. The van der Waals surface area contributed by atoms with Crippen molar-refractivity contribution >= 4 is 17.5 Å². The molecule has 0 spiro atoms. The number of hydrogen-bond donors (Lipinski definition) is 1. The van der Waals surface area contributed by atoms with Crippen LogP contribution in [0.5, 0.6) is 5.75 Å². The number of hydrogen-bond acceptors (Lipinski definition) is 5. The van der Waals surface area contributed by atoms with E-state index in [0.29, 0.717) is 27.9 Å². The topological polar surface area (TPSA) is 82.2 Å². The van der Waals surface area contributed by atoms with Crippen molar-refractivity contribution in [2.45, 2.75) is 13.5 Å². The summed E-state index contributed by atoms with van der Waals surface area (Å²) < 4.78 is 12.0. The highest BCUT2D eigenvalue weighted by atomic mass is 35.5. The number of rotatable bonds is 5. The first-order chi connectivity index (χ1) is 11.6. The lowest BCUT2D eigenvalue weighted by atomic mass is 10.2. The fraction of sp³-hybridized carbons (Fsp3) is 0.188. The number of halogens is 1. The molecule has 0 aliphatic carbocycles. The smallest absolute Gasteiger partial charge is 0.274 e. The first-order valence-corrected chi connectivity index (χ1v) is 7.54. The Bertz CT molecular complexity index is 858. The molecule has 0 aliphatic heterocycles. The molecular weight excluding hydrogens is 332 g/mol. The monoisotopic (exact) mass is 346 g/mol. The van der Waals surface area contributed by atoms with Gasteiger partial charge in [-0.25, -0.2) is 4.68 Å². The Balaban J connectivity index is 1.86. The number of carbonyl (C=O) groups is 1. The molecule has 0 radical (unpaired) electrons. The number of methoxy groups -OCH3 is 1. The van der Waals surface area contributed by atoms with Crippen LogP contribution in [0.15, 0.2) is 41.0 Å². The van der Waals surface area contributed by atoms with E-state index in [1.165, 1.54) is 4.68 Å². The number of amides is 1. The number of nitrogens with one attached hydrogen (secondary N) is 1. The normalized spacial score (nSPS) is 10.6. The third kappa shape index (κ3) is 3.11. The van der Waals surface area contributed by atoms with E-state index < -0.39 is 0 Å². The van der Waals surface area contributed by atoms with Crippen molar-refractivity contribution < 1.29 is 13.9 Å². The second-order valence-electron chi connectivity index (χ2n) is 5.01. The lowest BCUT2D eigenvalue weighted by molar-refractivity contribution is 0.0942. The molecule has 24 heavy (non-hydrogen) atoms. The number of ether oxygens (including phenoxy) is 1. The number of furan rings is 1. The molecule has 0 unspecified atom stereocenters. The van der Waals surface area contributed by atoms with Crippen molar-refractivity contribution in [3.05, 3.63) is 58.8 Å². The van der Waals surface area contributed by atoms with Crippen LogP contribution in [-0.2, 0) is 6.54 Å². The maximum atomic E-state index is 12.3. The number of nitrogens with zero attached hydrogens (tertiary/aromatic N) is 3. The molecule has 3 aromatic rings. The van der Waals surface area contributed by atoms with Crippen LogP contribution in [0.4, 0.5) is 0 Å². The van der Waals surface area contributed by atoms with Gasteiger partial charge in [0.25, 0.3) is 5.91 Å². The van der Waals surface area contributed by atoms with E-state index >= 15 is 0 Å². The second kappa shape index (κ2) is 6.76. The largest absolute Gasteiger partial charge is 0.494 e. The molecule has 7 nitrogen and oxygen atoms in total. The van der Waals surface area contributed by atoms with E-state index in [1.807, 2.05) is 0 Å². The van der Waals surface area contributed by atoms with Gasteiger partial charge in [0, 0.05) is 5.02 Å². The van der Waals surface area contributed by atoms with Crippen LogP contribution in [-0.4, -0.2) is 28.0 Å². The van der Waals surface area contributed by atoms with E-state index in [9.17, 15) is 4.79 Å². The van der Waals surface area contributed by atoms with E-state index in [1.54, 1.807) is 50.6 Å². The first kappa shape index (κ1) is 16.1. The van der Waals surface area contributed by atoms with Crippen LogP contribution < -0.4 is 10.1 Å². The Labute approximate surface area is 143 Å². The van der Waals surface area contributed by atoms with Gasteiger partial charge in [-0.05, 0) is 37.3 Å². The first-order valence-electron chi connectivity index (χ1n) is 7.17. The van der Waals surface area contributed by atoms with Crippen LogP contribution >= 0.6 is 11.6 Å². The molecule has 0 fully saturated rings. The van der Waals surface area contributed by atoms with E-state index in [4.69, 9.17) is 20.8 Å². The Morgan fingerprint density at radius 1 is 1.42 bits per heavy atom. The minimum Gasteiger partial charge on any atom is -0.494 e. The van der Waals surface area contributed by atoms with Gasteiger partial charge in [-0.2, -0.15) is 0 Å². The molecule has 0 saturated carbocycles. The van der Waals surface area contributed by atoms with Crippen molar-refractivity contribution in [1.82, 2.24) is 20.3 Å². The fourth-order valence-corrected chi connectivity index (χ4v) is 2.43. The molecule has 0 saturated heterocycles. The molecule has 1 aromatic carbocycles. The van der Waals surface area contributed by atoms with Gasteiger partial charge in [0.2, 0.25) is 0 Å². The molecule has 1 N–H and O–H groups in total. The summed E-state index contributed by atoms with van der Waals surface area (Å²) >= 11 is 6.05. The lowest BCUT2D eigenvalue weighted by Gasteiger charge is -2.10. The summed E-state index contributed by atoms with van der Waals surface area (Å²) in [6.07, 6.45) is 1.55. The molecular formula is C16H15ClN4O3. The van der Waals surface area contributed by atoms with Crippen LogP contribution in [0.25, 0.3) is 5.69 Å². The number of aromatic nitrogens is 3. The van der Waals surface area contributed by atoms with Gasteiger partial charge in [-0.15, -0.1) is 5.10 Å². The van der Waals surface area contributed by atoms with Gasteiger partial charge < -0.3 is 14.5 Å². The fourth-order valence-electron chi connectivity index (χ4n) is 2.26. The summed E-state index contributed by atoms with van der Waals surface area (Å²) in [5.74, 6) is 0.899. The summed E-state index contributed by atoms with van der Waals surface area (Å²) in [7, 11) is 1.55. The molecule has 0 atom stereocenters. The van der Waals surface area contributed by atoms with Crippen molar-refractivity contribution in [1.29, 1.82) is 0 Å². The molecule has 1 amide bonds. The van der Waals surface area contributed by atoms with Gasteiger partial charge in [0.15, 0.2) is 5.69 Å². The summed E-state index contributed by atoms with van der Waals surface area (Å²) in [6.45, 7) is 2.03. The average Bonchev–Trinajstić information content (AvgIpc) is 3.22. The summed E-state index contributed by atoms with van der Waals surface area (Å²) in [5, 5.41) is 11.3. The zero-order chi connectivity index (χ0) is 17.1. The highest BCUT2D eigenvalue weighted by Crippen LogP contribution is 2.27. The van der Waals surface area contributed by atoms with Crippen molar-refractivity contribution in [2.24, 2.45) is 0 Å². The van der Waals surface area contributed by atoms with Crippen molar-refractivity contribution in [2.75, 3.05) is 7.11 Å². The Kier molecular flexibility index (Phi) is 4.52. The molecule has 2 heterocycles. The minimum absolute atomic E-state index is 0.226. The summed E-state index contributed by atoms with van der Waals surface area (Å²) in [5.41, 5.74) is 1.41. The van der Waals surface area contributed by atoms with Gasteiger partial charge in [0.05, 0.1) is 25.6 Å². The third-order valence-electron chi connectivity index (χ3n) is 3.48. The predicted molar refractivity (Wildman–Crippen MR) is 87.5 cm³/mol. The van der Waals surface area contributed by atoms with Crippen LogP contribution in [0.3, 0.4) is 0 Å². The van der Waals surface area contributed by atoms with Crippen molar-refractivity contribution in [3.8, 4) is 11.4 Å². The summed E-state index contributed by atoms with van der Waals surface area (Å²) in [4.78, 5) is 12.3. The maximum absolute atomic E-state index is 12.3. The van der Waals surface area contributed by atoms with E-state index in [2.05, 4.69) is 15.6 Å². The summed E-state index contributed by atoms with van der Waals surface area (Å²) in [6, 6.07) is 8.68. The molecule has 2 aromatic heterocycles. The van der Waals surface area contributed by atoms with Crippen molar-refractivity contribution in [3.63, 3.8) is 0 Å². The van der Waals surface area contributed by atoms with Gasteiger partial charge in [0.1, 0.15) is 17.2 Å². The SMILES string of the molecule is COc1ccc(Cl)cc1-n1nnc(C(=O)NCc2ccco2)c1C. The zero-order valence-corrected chi connectivity index (χ0v) is 13.9. The Morgan fingerprint density at radius 2 is 2.25 bits per heavy atom. The molecule has 124 valence electrons. The van der Waals surface area contributed by atoms with Crippen LogP contribution in [0.1, 0.15) is 21.9 Å². The van der Waals surface area contributed by atoms with E-state index in [0.717, 1.165) is 0 Å². The Hall–Kier alpha value is -2.80. The molecule has 3 rings (SSSR count). The van der Waals surface area contributed by atoms with Gasteiger partial charge in [-0.3, -0.25) is 4.79 Å². The minimum atomic E-state index is -0.337.